The number of hydrogen-bond donors (Lipinski definition) is 2. The Kier molecular flexibility index (Phi) is 7.85. The highest BCUT2D eigenvalue weighted by Gasteiger charge is 2.22. The van der Waals surface area contributed by atoms with Crippen LogP contribution in [-0.4, -0.2) is 42.9 Å². The molecule has 0 saturated carbocycles. The summed E-state index contributed by atoms with van der Waals surface area (Å²) in [6, 6.07) is 7.41. The topological polar surface area (TPSA) is 61.4 Å². The predicted octanol–water partition coefficient (Wildman–Crippen LogP) is 1.87. The van der Waals surface area contributed by atoms with Gasteiger partial charge in [0.05, 0.1) is 12.5 Å². The average Bonchev–Trinajstić information content (AvgIpc) is 2.48. The first kappa shape index (κ1) is 18.9. The minimum Gasteiger partial charge on any atom is -0.349 e. The molecule has 0 radical (unpaired) electrons. The van der Waals surface area contributed by atoms with E-state index in [1.165, 1.54) is 6.92 Å². The van der Waals surface area contributed by atoms with E-state index in [1.54, 1.807) is 0 Å². The largest absolute Gasteiger partial charge is 0.349 e. The maximum Gasteiger partial charge on any atom is 0.225 e. The van der Waals surface area contributed by atoms with Crippen molar-refractivity contribution >= 4 is 40.2 Å². The third-order valence-corrected chi connectivity index (χ3v) is 4.03. The summed E-state index contributed by atoms with van der Waals surface area (Å²) in [4.78, 5) is 25.6. The van der Waals surface area contributed by atoms with Crippen LogP contribution in [0, 0.1) is 0 Å². The number of halogens is 2. The van der Waals surface area contributed by atoms with Crippen molar-refractivity contribution in [3.63, 3.8) is 0 Å². The summed E-state index contributed by atoms with van der Waals surface area (Å²) in [6.45, 7) is 4.59. The number of carbonyl (C=O) groups is 2. The number of amides is 2. The molecule has 1 unspecified atom stereocenters. The van der Waals surface area contributed by atoms with Crippen LogP contribution in [0.15, 0.2) is 28.7 Å². The van der Waals surface area contributed by atoms with Crippen LogP contribution in [0.25, 0.3) is 0 Å². The second kappa shape index (κ2) is 9.12. The Morgan fingerprint density at radius 1 is 1.27 bits per heavy atom. The summed E-state index contributed by atoms with van der Waals surface area (Å²) in [5, 5.41) is 6.09. The first-order valence-corrected chi connectivity index (χ1v) is 7.86. The molecule has 1 heterocycles. The molecule has 1 fully saturated rings. The Balaban J connectivity index is 0.00000242. The maximum atomic E-state index is 12.4. The molecular formula is C15H21BrClN3O2. The van der Waals surface area contributed by atoms with Crippen LogP contribution in [0.3, 0.4) is 0 Å². The number of benzene rings is 1. The molecule has 1 atom stereocenters. The van der Waals surface area contributed by atoms with Gasteiger partial charge in [0.15, 0.2) is 0 Å². The molecule has 5 nitrogen and oxygen atoms in total. The van der Waals surface area contributed by atoms with Crippen molar-refractivity contribution in [1.82, 2.24) is 15.5 Å². The highest BCUT2D eigenvalue weighted by molar-refractivity contribution is 9.10. The van der Waals surface area contributed by atoms with Crippen LogP contribution in [-0.2, 0) is 9.59 Å². The molecule has 0 bridgehead atoms. The van der Waals surface area contributed by atoms with Crippen LogP contribution in [0.4, 0.5) is 0 Å². The van der Waals surface area contributed by atoms with E-state index in [2.05, 4.69) is 26.6 Å². The van der Waals surface area contributed by atoms with Gasteiger partial charge in [-0.1, -0.05) is 28.1 Å². The van der Waals surface area contributed by atoms with Gasteiger partial charge in [0.2, 0.25) is 11.8 Å². The van der Waals surface area contributed by atoms with E-state index in [0.29, 0.717) is 6.42 Å². The Morgan fingerprint density at radius 3 is 2.41 bits per heavy atom. The lowest BCUT2D eigenvalue weighted by Gasteiger charge is -2.29. The number of hydrogen-bond acceptors (Lipinski definition) is 3. The summed E-state index contributed by atoms with van der Waals surface area (Å²) in [6.07, 6.45) is 0.293. The molecule has 1 aliphatic rings. The lowest BCUT2D eigenvalue weighted by molar-refractivity contribution is -0.132. The monoisotopic (exact) mass is 389 g/mol. The molecule has 7 heteroatoms. The quantitative estimate of drug-likeness (QED) is 0.825. The summed E-state index contributed by atoms with van der Waals surface area (Å²) in [7, 11) is 0. The van der Waals surface area contributed by atoms with Crippen LogP contribution in [0.5, 0.6) is 0 Å². The normalized spacial score (nSPS) is 15.6. The summed E-state index contributed by atoms with van der Waals surface area (Å²) in [5.74, 6) is -0.0470. The molecule has 0 aromatic heterocycles. The van der Waals surface area contributed by atoms with E-state index >= 15 is 0 Å². The summed E-state index contributed by atoms with van der Waals surface area (Å²) >= 11 is 3.39. The van der Waals surface area contributed by atoms with Crippen molar-refractivity contribution in [3.05, 3.63) is 34.3 Å². The van der Waals surface area contributed by atoms with Crippen molar-refractivity contribution in [2.45, 2.75) is 19.4 Å². The van der Waals surface area contributed by atoms with E-state index in [0.717, 1.165) is 36.2 Å². The third kappa shape index (κ3) is 5.59. The van der Waals surface area contributed by atoms with Gasteiger partial charge in [0, 0.05) is 37.6 Å². The van der Waals surface area contributed by atoms with Gasteiger partial charge in [-0.05, 0) is 17.7 Å². The van der Waals surface area contributed by atoms with Gasteiger partial charge < -0.3 is 15.5 Å². The highest BCUT2D eigenvalue weighted by Crippen LogP contribution is 2.20. The smallest absolute Gasteiger partial charge is 0.225 e. The SMILES string of the molecule is CC(=O)NC(CC(=O)N1CCNCC1)c1ccc(Br)cc1.Cl. The van der Waals surface area contributed by atoms with Crippen molar-refractivity contribution in [2.75, 3.05) is 26.2 Å². The maximum absolute atomic E-state index is 12.4. The molecule has 2 N–H and O–H groups in total. The number of nitrogens with one attached hydrogen (secondary N) is 2. The summed E-state index contributed by atoms with van der Waals surface area (Å²) < 4.78 is 0.973. The fourth-order valence-corrected chi connectivity index (χ4v) is 2.67. The van der Waals surface area contributed by atoms with Gasteiger partial charge in [-0.3, -0.25) is 9.59 Å². The minimum absolute atomic E-state index is 0. The molecule has 1 aromatic rings. The first-order valence-electron chi connectivity index (χ1n) is 7.07. The molecule has 22 heavy (non-hydrogen) atoms. The van der Waals surface area contributed by atoms with Crippen LogP contribution >= 0.6 is 28.3 Å². The Morgan fingerprint density at radius 2 is 1.86 bits per heavy atom. The predicted molar refractivity (Wildman–Crippen MR) is 92.0 cm³/mol. The molecule has 2 amide bonds. The van der Waals surface area contributed by atoms with Crippen molar-refractivity contribution in [2.24, 2.45) is 0 Å². The lowest BCUT2D eigenvalue weighted by atomic mass is 10.0. The average molecular weight is 391 g/mol. The second-order valence-corrected chi connectivity index (χ2v) is 6.06. The Bertz CT molecular complexity index is 504. The third-order valence-electron chi connectivity index (χ3n) is 3.50. The van der Waals surface area contributed by atoms with E-state index < -0.39 is 0 Å². The van der Waals surface area contributed by atoms with Gasteiger partial charge in [0.1, 0.15) is 0 Å². The van der Waals surface area contributed by atoms with Crippen LogP contribution in [0.1, 0.15) is 24.9 Å². The highest BCUT2D eigenvalue weighted by atomic mass is 79.9. The molecule has 1 saturated heterocycles. The van der Waals surface area contributed by atoms with Crippen molar-refractivity contribution < 1.29 is 9.59 Å². The molecular weight excluding hydrogens is 370 g/mol. The first-order chi connectivity index (χ1) is 10.1. The van der Waals surface area contributed by atoms with Crippen molar-refractivity contribution in [1.29, 1.82) is 0 Å². The number of piperazine rings is 1. The number of rotatable bonds is 4. The number of carbonyl (C=O) groups excluding carboxylic acids is 2. The van der Waals surface area contributed by atoms with Gasteiger partial charge >= 0.3 is 0 Å². The Labute approximate surface area is 145 Å². The van der Waals surface area contributed by atoms with Gasteiger partial charge in [0.25, 0.3) is 0 Å². The zero-order valence-corrected chi connectivity index (χ0v) is 14.9. The standard InChI is InChI=1S/C15H20BrN3O2.ClH/c1-11(20)18-14(12-2-4-13(16)5-3-12)10-15(21)19-8-6-17-7-9-19;/h2-5,14,17H,6-10H2,1H3,(H,18,20);1H. The van der Waals surface area contributed by atoms with Gasteiger partial charge in [-0.25, -0.2) is 0 Å². The van der Waals surface area contributed by atoms with E-state index in [4.69, 9.17) is 0 Å². The van der Waals surface area contributed by atoms with Crippen LogP contribution in [0.2, 0.25) is 0 Å². The van der Waals surface area contributed by atoms with Crippen molar-refractivity contribution in [3.8, 4) is 0 Å². The fourth-order valence-electron chi connectivity index (χ4n) is 2.41. The second-order valence-electron chi connectivity index (χ2n) is 5.14. The number of nitrogens with zero attached hydrogens (tertiary/aromatic N) is 1. The molecule has 1 aromatic carbocycles. The zero-order valence-electron chi connectivity index (χ0n) is 12.5. The van der Waals surface area contributed by atoms with Gasteiger partial charge in [-0.2, -0.15) is 0 Å². The van der Waals surface area contributed by atoms with Gasteiger partial charge in [-0.15, -0.1) is 12.4 Å². The lowest BCUT2D eigenvalue weighted by Crippen LogP contribution is -2.47. The van der Waals surface area contributed by atoms with E-state index in [1.807, 2.05) is 29.2 Å². The fraction of sp³-hybridized carbons (Fsp3) is 0.467. The van der Waals surface area contributed by atoms with E-state index in [9.17, 15) is 9.59 Å². The van der Waals surface area contributed by atoms with E-state index in [-0.39, 0.29) is 30.3 Å². The molecule has 122 valence electrons. The molecule has 0 spiro atoms. The zero-order chi connectivity index (χ0) is 15.2. The molecule has 0 aliphatic carbocycles. The molecule has 1 aliphatic heterocycles. The minimum atomic E-state index is -0.280. The molecule has 2 rings (SSSR count). The summed E-state index contributed by atoms with van der Waals surface area (Å²) in [5.41, 5.74) is 0.942. The Hall–Kier alpha value is -1.11. The van der Waals surface area contributed by atoms with Crippen LogP contribution < -0.4 is 10.6 Å².